The molecule has 0 spiro atoms. The fraction of sp³-hybridized carbons (Fsp3) is 0.0909. The zero-order valence-electron chi connectivity index (χ0n) is 8.70. The molecule has 0 aliphatic heterocycles. The number of oxazole rings is 1. The maximum Gasteiger partial charge on any atom is 0.373 e. The summed E-state index contributed by atoms with van der Waals surface area (Å²) in [7, 11) is 0. The van der Waals surface area contributed by atoms with E-state index in [0.717, 1.165) is 0 Å². The number of benzene rings is 1. The largest absolute Gasteiger partial charge is 0.475 e. The van der Waals surface area contributed by atoms with Crippen LogP contribution in [0, 0.1) is 12.7 Å². The van der Waals surface area contributed by atoms with E-state index in [1.54, 1.807) is 6.07 Å². The standard InChI is InChI=1S/C11H7BrFNO3/c1-5-9(11(15)16)17-10(14-5)8-6(12)3-2-4-7(8)13/h2-4H,1H3,(H,15,16). The Balaban J connectivity index is 2.62. The van der Waals surface area contributed by atoms with Crippen molar-refractivity contribution in [3.05, 3.63) is 39.9 Å². The second-order valence-corrected chi connectivity index (χ2v) is 4.19. The lowest BCUT2D eigenvalue weighted by molar-refractivity contribution is 0.0662. The van der Waals surface area contributed by atoms with Gasteiger partial charge in [0.2, 0.25) is 11.7 Å². The number of hydrogen-bond acceptors (Lipinski definition) is 3. The SMILES string of the molecule is Cc1nc(-c2c(F)cccc2Br)oc1C(=O)O. The lowest BCUT2D eigenvalue weighted by atomic mass is 10.2. The van der Waals surface area contributed by atoms with Crippen LogP contribution in [0.1, 0.15) is 16.2 Å². The zero-order valence-corrected chi connectivity index (χ0v) is 10.3. The molecule has 0 saturated heterocycles. The predicted octanol–water partition coefficient (Wildman–Crippen LogP) is 3.25. The molecule has 4 nitrogen and oxygen atoms in total. The summed E-state index contributed by atoms with van der Waals surface area (Å²) < 4.78 is 19.1. The third kappa shape index (κ3) is 2.08. The minimum atomic E-state index is -1.23. The van der Waals surface area contributed by atoms with Gasteiger partial charge in [-0.05, 0) is 35.0 Å². The number of carboxylic acids is 1. The summed E-state index contributed by atoms with van der Waals surface area (Å²) in [6, 6.07) is 4.40. The van der Waals surface area contributed by atoms with Gasteiger partial charge < -0.3 is 9.52 Å². The van der Waals surface area contributed by atoms with Crippen LogP contribution in [0.3, 0.4) is 0 Å². The Kier molecular flexibility index (Phi) is 2.97. The lowest BCUT2D eigenvalue weighted by Crippen LogP contribution is -1.95. The van der Waals surface area contributed by atoms with E-state index in [0.29, 0.717) is 4.47 Å². The van der Waals surface area contributed by atoms with Crippen LogP contribution in [0.5, 0.6) is 0 Å². The van der Waals surface area contributed by atoms with Gasteiger partial charge in [0, 0.05) is 4.47 Å². The molecule has 0 fully saturated rings. The maximum atomic E-state index is 13.6. The van der Waals surface area contributed by atoms with Crippen molar-refractivity contribution in [1.29, 1.82) is 0 Å². The molecule has 0 aliphatic carbocycles. The van der Waals surface area contributed by atoms with Gasteiger partial charge in [-0.25, -0.2) is 14.2 Å². The highest BCUT2D eigenvalue weighted by molar-refractivity contribution is 9.10. The average Bonchev–Trinajstić information content (AvgIpc) is 2.60. The Morgan fingerprint density at radius 3 is 2.76 bits per heavy atom. The highest BCUT2D eigenvalue weighted by atomic mass is 79.9. The van der Waals surface area contributed by atoms with Crippen LogP contribution in [0.25, 0.3) is 11.5 Å². The summed E-state index contributed by atoms with van der Waals surface area (Å²) in [5.41, 5.74) is 0.325. The molecule has 0 aliphatic rings. The summed E-state index contributed by atoms with van der Waals surface area (Å²) in [6.07, 6.45) is 0. The third-order valence-corrected chi connectivity index (χ3v) is 2.83. The molecule has 6 heteroatoms. The van der Waals surface area contributed by atoms with Crippen molar-refractivity contribution in [2.75, 3.05) is 0 Å². The third-order valence-electron chi connectivity index (χ3n) is 2.17. The van der Waals surface area contributed by atoms with Gasteiger partial charge in [0.05, 0.1) is 11.3 Å². The first-order chi connectivity index (χ1) is 8.00. The van der Waals surface area contributed by atoms with Crippen LogP contribution in [0.15, 0.2) is 27.1 Å². The van der Waals surface area contributed by atoms with Crippen molar-refractivity contribution < 1.29 is 18.7 Å². The molecule has 0 radical (unpaired) electrons. The van der Waals surface area contributed by atoms with Gasteiger partial charge in [-0.15, -0.1) is 0 Å². The Bertz CT molecular complexity index is 574. The molecule has 0 unspecified atom stereocenters. The van der Waals surface area contributed by atoms with Gasteiger partial charge in [-0.2, -0.15) is 0 Å². The highest BCUT2D eigenvalue weighted by Crippen LogP contribution is 2.31. The number of rotatable bonds is 2. The first kappa shape index (κ1) is 11.8. The molecular weight excluding hydrogens is 293 g/mol. The molecule has 0 bridgehead atoms. The van der Waals surface area contributed by atoms with E-state index in [1.807, 2.05) is 0 Å². The highest BCUT2D eigenvalue weighted by Gasteiger charge is 2.20. The molecule has 2 aromatic rings. The van der Waals surface area contributed by atoms with Crippen molar-refractivity contribution in [1.82, 2.24) is 4.98 Å². The van der Waals surface area contributed by atoms with Gasteiger partial charge in [0.15, 0.2) is 0 Å². The summed E-state index contributed by atoms with van der Waals surface area (Å²) in [5, 5.41) is 8.83. The average molecular weight is 300 g/mol. The topological polar surface area (TPSA) is 63.3 Å². The molecule has 17 heavy (non-hydrogen) atoms. The van der Waals surface area contributed by atoms with Gasteiger partial charge in [0.25, 0.3) is 0 Å². The van der Waals surface area contributed by atoms with Crippen LogP contribution >= 0.6 is 15.9 Å². The van der Waals surface area contributed by atoms with Gasteiger partial charge in [-0.3, -0.25) is 0 Å². The van der Waals surface area contributed by atoms with Crippen LogP contribution in [-0.2, 0) is 0 Å². The van der Waals surface area contributed by atoms with Crippen LogP contribution < -0.4 is 0 Å². The molecule has 0 atom stereocenters. The van der Waals surface area contributed by atoms with E-state index in [1.165, 1.54) is 19.1 Å². The normalized spacial score (nSPS) is 10.5. The number of nitrogens with zero attached hydrogens (tertiary/aromatic N) is 1. The number of hydrogen-bond donors (Lipinski definition) is 1. The maximum absolute atomic E-state index is 13.6. The molecule has 1 aromatic carbocycles. The van der Waals surface area contributed by atoms with E-state index in [2.05, 4.69) is 20.9 Å². The molecule has 0 saturated carbocycles. The fourth-order valence-corrected chi connectivity index (χ4v) is 1.92. The van der Waals surface area contributed by atoms with Crippen LogP contribution in [0.2, 0.25) is 0 Å². The first-order valence-corrected chi connectivity index (χ1v) is 5.45. The summed E-state index contributed by atoms with van der Waals surface area (Å²) in [6.45, 7) is 1.49. The van der Waals surface area contributed by atoms with Crippen molar-refractivity contribution in [3.8, 4) is 11.5 Å². The minimum absolute atomic E-state index is 0.0510. The molecule has 1 N–H and O–H groups in total. The molecule has 0 amide bonds. The van der Waals surface area contributed by atoms with Gasteiger partial charge >= 0.3 is 5.97 Å². The molecule has 88 valence electrons. The van der Waals surface area contributed by atoms with E-state index in [4.69, 9.17) is 9.52 Å². The number of aryl methyl sites for hydroxylation is 1. The number of carbonyl (C=O) groups is 1. The zero-order chi connectivity index (χ0) is 12.6. The van der Waals surface area contributed by atoms with Crippen LogP contribution in [-0.4, -0.2) is 16.1 Å². The molecule has 1 aromatic heterocycles. The van der Waals surface area contributed by atoms with Crippen LogP contribution in [0.4, 0.5) is 4.39 Å². The Hall–Kier alpha value is -1.69. The molecular formula is C11H7BrFNO3. The second-order valence-electron chi connectivity index (χ2n) is 3.34. The monoisotopic (exact) mass is 299 g/mol. The summed E-state index contributed by atoms with van der Waals surface area (Å²) in [4.78, 5) is 14.7. The van der Waals surface area contributed by atoms with Gasteiger partial charge in [0.1, 0.15) is 5.82 Å². The quantitative estimate of drug-likeness (QED) is 0.924. The number of halogens is 2. The van der Waals surface area contributed by atoms with Crippen molar-refractivity contribution in [3.63, 3.8) is 0 Å². The van der Waals surface area contributed by atoms with E-state index >= 15 is 0 Å². The van der Waals surface area contributed by atoms with Crippen molar-refractivity contribution in [2.45, 2.75) is 6.92 Å². The Morgan fingerprint density at radius 2 is 2.24 bits per heavy atom. The minimum Gasteiger partial charge on any atom is -0.475 e. The fourth-order valence-electron chi connectivity index (χ4n) is 1.40. The second kappa shape index (κ2) is 4.29. The Labute approximate surface area is 104 Å². The number of aromatic nitrogens is 1. The summed E-state index contributed by atoms with van der Waals surface area (Å²) in [5.74, 6) is -2.09. The smallest absolute Gasteiger partial charge is 0.373 e. The lowest BCUT2D eigenvalue weighted by Gasteiger charge is -2.00. The molecule has 1 heterocycles. The number of aromatic carboxylic acids is 1. The van der Waals surface area contributed by atoms with Crippen molar-refractivity contribution >= 4 is 21.9 Å². The van der Waals surface area contributed by atoms with Crippen molar-refractivity contribution in [2.24, 2.45) is 0 Å². The van der Waals surface area contributed by atoms with E-state index in [9.17, 15) is 9.18 Å². The summed E-state index contributed by atoms with van der Waals surface area (Å²) >= 11 is 3.17. The predicted molar refractivity (Wildman–Crippen MR) is 61.3 cm³/mol. The van der Waals surface area contributed by atoms with Gasteiger partial charge in [-0.1, -0.05) is 6.07 Å². The molecule has 2 rings (SSSR count). The Morgan fingerprint density at radius 1 is 1.53 bits per heavy atom. The first-order valence-electron chi connectivity index (χ1n) is 4.66. The van der Waals surface area contributed by atoms with E-state index in [-0.39, 0.29) is 22.9 Å². The number of carboxylic acid groups (broad SMARTS) is 1. The van der Waals surface area contributed by atoms with E-state index < -0.39 is 11.8 Å².